The van der Waals surface area contributed by atoms with Crippen LogP contribution in [0.2, 0.25) is 0 Å². The molecular weight excluding hydrogens is 437 g/mol. The maximum absolute atomic E-state index is 4.35. The predicted molar refractivity (Wildman–Crippen MR) is 122 cm³/mol. The molecule has 1 aliphatic heterocycles. The van der Waals surface area contributed by atoms with Gasteiger partial charge in [-0.15, -0.1) is 24.0 Å². The molecule has 144 valence electrons. The average molecular weight is 469 g/mol. The van der Waals surface area contributed by atoms with Gasteiger partial charge in [-0.2, -0.15) is 0 Å². The molecule has 2 N–H and O–H groups in total. The van der Waals surface area contributed by atoms with Crippen molar-refractivity contribution in [1.82, 2.24) is 20.1 Å². The first kappa shape index (κ1) is 21.0. The summed E-state index contributed by atoms with van der Waals surface area (Å²) >= 11 is 0. The van der Waals surface area contributed by atoms with Gasteiger partial charge in [-0.3, -0.25) is 4.99 Å². The topological polar surface area (TPSA) is 44.6 Å². The van der Waals surface area contributed by atoms with Crippen molar-refractivity contribution in [1.29, 1.82) is 0 Å². The van der Waals surface area contributed by atoms with E-state index in [1.807, 2.05) is 7.05 Å². The number of nitrogens with one attached hydrogen (secondary N) is 2. The number of para-hydroxylation sites is 1. The third kappa shape index (κ3) is 5.61. The molecule has 1 fully saturated rings. The number of aliphatic imine (C=N–C) groups is 1. The first-order valence-electron chi connectivity index (χ1n) is 9.51. The molecule has 1 aromatic carbocycles. The first-order valence-corrected chi connectivity index (χ1v) is 9.51. The van der Waals surface area contributed by atoms with Crippen LogP contribution in [0.1, 0.15) is 19.8 Å². The van der Waals surface area contributed by atoms with Crippen molar-refractivity contribution >= 4 is 40.8 Å². The molecule has 0 radical (unpaired) electrons. The van der Waals surface area contributed by atoms with Crippen LogP contribution in [0.3, 0.4) is 0 Å². The van der Waals surface area contributed by atoms with Crippen LogP contribution in [-0.4, -0.2) is 55.2 Å². The first-order chi connectivity index (χ1) is 12.3. The van der Waals surface area contributed by atoms with Crippen LogP contribution in [0.5, 0.6) is 0 Å². The molecule has 0 aliphatic carbocycles. The van der Waals surface area contributed by atoms with Gasteiger partial charge >= 0.3 is 0 Å². The molecule has 2 aromatic rings. The fourth-order valence-electron chi connectivity index (χ4n) is 3.62. The van der Waals surface area contributed by atoms with E-state index in [0.717, 1.165) is 44.5 Å². The van der Waals surface area contributed by atoms with Gasteiger partial charge < -0.3 is 20.1 Å². The van der Waals surface area contributed by atoms with Crippen LogP contribution in [0, 0.1) is 5.92 Å². The Morgan fingerprint density at radius 2 is 2.08 bits per heavy atom. The van der Waals surface area contributed by atoms with Crippen LogP contribution in [0.4, 0.5) is 0 Å². The molecule has 0 bridgehead atoms. The maximum Gasteiger partial charge on any atom is 0.190 e. The van der Waals surface area contributed by atoms with Crippen molar-refractivity contribution in [3.05, 3.63) is 36.5 Å². The van der Waals surface area contributed by atoms with Crippen LogP contribution in [0.25, 0.3) is 10.9 Å². The van der Waals surface area contributed by atoms with Gasteiger partial charge in [-0.1, -0.05) is 25.1 Å². The van der Waals surface area contributed by atoms with E-state index in [4.69, 9.17) is 0 Å². The third-order valence-electron chi connectivity index (χ3n) is 5.15. The Hall–Kier alpha value is -1.28. The van der Waals surface area contributed by atoms with E-state index in [2.05, 4.69) is 68.5 Å². The van der Waals surface area contributed by atoms with Gasteiger partial charge in [0.25, 0.3) is 0 Å². The number of hydrogen-bond acceptors (Lipinski definition) is 2. The van der Waals surface area contributed by atoms with E-state index < -0.39 is 0 Å². The second-order valence-electron chi connectivity index (χ2n) is 6.85. The van der Waals surface area contributed by atoms with E-state index in [1.165, 1.54) is 30.4 Å². The fraction of sp³-hybridized carbons (Fsp3) is 0.550. The van der Waals surface area contributed by atoms with E-state index in [-0.39, 0.29) is 24.0 Å². The van der Waals surface area contributed by atoms with Crippen molar-refractivity contribution in [2.45, 2.75) is 26.3 Å². The summed E-state index contributed by atoms with van der Waals surface area (Å²) < 4.78 is 2.32. The highest BCUT2D eigenvalue weighted by atomic mass is 127. The number of aromatic nitrogens is 1. The summed E-state index contributed by atoms with van der Waals surface area (Å²) in [6.07, 6.45) is 4.54. The largest absolute Gasteiger partial charge is 0.356 e. The van der Waals surface area contributed by atoms with E-state index in [9.17, 15) is 0 Å². The monoisotopic (exact) mass is 469 g/mol. The Labute approximate surface area is 174 Å². The molecule has 0 saturated carbocycles. The molecule has 1 unspecified atom stereocenters. The number of halogens is 1. The standard InChI is InChI=1S/C20H31N5.HI/c1-3-24-13-9-17(16-24)15-23-20(21-2)22-11-6-12-25-14-10-18-7-4-5-8-19(18)25;/h4-5,7-8,10,14,17H,3,6,9,11-13,15-16H2,1-2H3,(H2,21,22,23);1H. The number of rotatable bonds is 7. The Bertz CT molecular complexity index is 696. The zero-order valence-electron chi connectivity index (χ0n) is 15.9. The van der Waals surface area contributed by atoms with Gasteiger partial charge in [0.1, 0.15) is 0 Å². The van der Waals surface area contributed by atoms with Gasteiger partial charge in [-0.05, 0) is 49.4 Å². The van der Waals surface area contributed by atoms with E-state index >= 15 is 0 Å². The number of hydrogen-bond donors (Lipinski definition) is 2. The molecule has 1 aliphatic rings. The van der Waals surface area contributed by atoms with Gasteiger partial charge in [0.2, 0.25) is 0 Å². The SMILES string of the molecule is CCN1CCC(CNC(=NC)NCCCn2ccc3ccccc32)C1.I. The normalized spacial score (nSPS) is 18.1. The molecule has 5 nitrogen and oxygen atoms in total. The second kappa shape index (κ2) is 10.8. The van der Waals surface area contributed by atoms with Crippen LogP contribution >= 0.6 is 24.0 Å². The Morgan fingerprint density at radius 1 is 1.23 bits per heavy atom. The lowest BCUT2D eigenvalue weighted by atomic mass is 10.1. The Balaban J connectivity index is 0.00000243. The summed E-state index contributed by atoms with van der Waals surface area (Å²) in [6, 6.07) is 10.7. The smallest absolute Gasteiger partial charge is 0.190 e. The predicted octanol–water partition coefficient (Wildman–Crippen LogP) is 3.16. The van der Waals surface area contributed by atoms with Crippen molar-refractivity contribution < 1.29 is 0 Å². The number of guanidine groups is 1. The van der Waals surface area contributed by atoms with Crippen molar-refractivity contribution in [2.75, 3.05) is 39.8 Å². The minimum absolute atomic E-state index is 0. The molecule has 0 amide bonds. The number of fused-ring (bicyclic) bond motifs is 1. The second-order valence-corrected chi connectivity index (χ2v) is 6.85. The molecular formula is C20H32IN5. The molecule has 2 heterocycles. The summed E-state index contributed by atoms with van der Waals surface area (Å²) in [5.41, 5.74) is 1.31. The fourth-order valence-corrected chi connectivity index (χ4v) is 3.62. The number of nitrogens with zero attached hydrogens (tertiary/aromatic N) is 3. The lowest BCUT2D eigenvalue weighted by Gasteiger charge is -2.16. The zero-order chi connectivity index (χ0) is 17.5. The van der Waals surface area contributed by atoms with E-state index in [0.29, 0.717) is 0 Å². The molecule has 1 aromatic heterocycles. The van der Waals surface area contributed by atoms with Crippen molar-refractivity contribution in [3.8, 4) is 0 Å². The van der Waals surface area contributed by atoms with Crippen LogP contribution < -0.4 is 10.6 Å². The number of aryl methyl sites for hydroxylation is 1. The minimum atomic E-state index is 0. The highest BCUT2D eigenvalue weighted by molar-refractivity contribution is 14.0. The van der Waals surface area contributed by atoms with Gasteiger partial charge in [0, 0.05) is 44.9 Å². The summed E-state index contributed by atoms with van der Waals surface area (Å²) in [6.45, 7) is 8.81. The number of benzene rings is 1. The van der Waals surface area contributed by atoms with E-state index in [1.54, 1.807) is 0 Å². The third-order valence-corrected chi connectivity index (χ3v) is 5.15. The highest BCUT2D eigenvalue weighted by Gasteiger charge is 2.20. The highest BCUT2D eigenvalue weighted by Crippen LogP contribution is 2.15. The zero-order valence-corrected chi connectivity index (χ0v) is 18.3. The lowest BCUT2D eigenvalue weighted by Crippen LogP contribution is -2.40. The summed E-state index contributed by atoms with van der Waals surface area (Å²) in [7, 11) is 1.85. The maximum atomic E-state index is 4.35. The average Bonchev–Trinajstić information content (AvgIpc) is 3.28. The van der Waals surface area contributed by atoms with Crippen LogP contribution in [-0.2, 0) is 6.54 Å². The molecule has 1 saturated heterocycles. The lowest BCUT2D eigenvalue weighted by molar-refractivity contribution is 0.342. The van der Waals surface area contributed by atoms with Crippen molar-refractivity contribution in [2.24, 2.45) is 10.9 Å². The van der Waals surface area contributed by atoms with Crippen molar-refractivity contribution in [3.63, 3.8) is 0 Å². The Kier molecular flexibility index (Phi) is 8.71. The van der Waals surface area contributed by atoms with Gasteiger partial charge in [-0.25, -0.2) is 0 Å². The minimum Gasteiger partial charge on any atom is -0.356 e. The summed E-state index contributed by atoms with van der Waals surface area (Å²) in [4.78, 5) is 6.86. The Morgan fingerprint density at radius 3 is 2.85 bits per heavy atom. The molecule has 1 atom stereocenters. The number of likely N-dealkylation sites (tertiary alicyclic amines) is 1. The summed E-state index contributed by atoms with van der Waals surface area (Å²) in [5.74, 6) is 1.66. The molecule has 6 heteroatoms. The van der Waals surface area contributed by atoms with Gasteiger partial charge in [0.05, 0.1) is 0 Å². The molecule has 3 rings (SSSR count). The molecule has 0 spiro atoms. The summed E-state index contributed by atoms with van der Waals surface area (Å²) in [5, 5.41) is 8.24. The van der Waals surface area contributed by atoms with Gasteiger partial charge in [0.15, 0.2) is 5.96 Å². The quantitative estimate of drug-likeness (QED) is 0.284. The van der Waals surface area contributed by atoms with Crippen LogP contribution in [0.15, 0.2) is 41.5 Å². The molecule has 26 heavy (non-hydrogen) atoms.